The van der Waals surface area contributed by atoms with Crippen LogP contribution in [0.4, 0.5) is 24.5 Å². The largest absolute Gasteiger partial charge is 0.417 e. The van der Waals surface area contributed by atoms with Crippen molar-refractivity contribution in [2.75, 3.05) is 89.3 Å². The highest BCUT2D eigenvalue weighted by atomic mass is 32.1. The van der Waals surface area contributed by atoms with Crippen LogP contribution < -0.4 is 31.7 Å². The van der Waals surface area contributed by atoms with Gasteiger partial charge in [0, 0.05) is 117 Å². The molecule has 0 radical (unpaired) electrons. The molecule has 8 rings (SSSR count). The van der Waals surface area contributed by atoms with Gasteiger partial charge in [0.25, 0.3) is 5.91 Å². The van der Waals surface area contributed by atoms with Crippen LogP contribution >= 0.6 is 11.3 Å². The van der Waals surface area contributed by atoms with Gasteiger partial charge in [-0.05, 0) is 78.2 Å². The van der Waals surface area contributed by atoms with Crippen molar-refractivity contribution in [1.82, 2.24) is 45.5 Å². The molecule has 84 heavy (non-hydrogen) atoms. The Balaban J connectivity index is 0.713. The van der Waals surface area contributed by atoms with Gasteiger partial charge >= 0.3 is 6.18 Å². The minimum Gasteiger partial charge on any atom is -0.391 e. The van der Waals surface area contributed by atoms with Crippen LogP contribution in [0.5, 0.6) is 0 Å². The van der Waals surface area contributed by atoms with Crippen LogP contribution in [0.25, 0.3) is 21.6 Å². The van der Waals surface area contributed by atoms with Gasteiger partial charge in [-0.1, -0.05) is 88.6 Å². The maximum atomic E-state index is 14.1. The number of aromatic nitrogens is 2. The molecule has 3 fully saturated rings. The maximum Gasteiger partial charge on any atom is 0.417 e. The number of nitrogens with one attached hydrogen (secondary N) is 5. The summed E-state index contributed by atoms with van der Waals surface area (Å²) in [6.07, 6.45) is -0.344. The number of anilines is 2. The third-order valence-corrected chi connectivity index (χ3v) is 16.9. The molecule has 5 amide bonds. The number of amides is 5. The van der Waals surface area contributed by atoms with Crippen molar-refractivity contribution in [2.45, 2.75) is 117 Å². The number of alkyl halides is 3. The van der Waals surface area contributed by atoms with Crippen LogP contribution in [-0.2, 0) is 38.4 Å². The second-order valence-corrected chi connectivity index (χ2v) is 24.3. The molecule has 2 aromatic heterocycles. The second kappa shape index (κ2) is 28.7. The van der Waals surface area contributed by atoms with Crippen molar-refractivity contribution in [2.24, 2.45) is 5.41 Å². The molecular formula is C62H80F3N11O7S. The number of carbonyl (C=O) groups excluding carboxylic acids is 5. The summed E-state index contributed by atoms with van der Waals surface area (Å²) in [4.78, 5) is 96.9. The third-order valence-electron chi connectivity index (χ3n) is 16.0. The summed E-state index contributed by atoms with van der Waals surface area (Å²) in [5.74, 6) is -1.98. The number of aliphatic hydroxyl groups is 1. The van der Waals surface area contributed by atoms with E-state index in [0.29, 0.717) is 56.5 Å². The summed E-state index contributed by atoms with van der Waals surface area (Å²) in [6.45, 7) is 16.1. The lowest BCUT2D eigenvalue weighted by molar-refractivity contribution is -0.144. The molecule has 3 aliphatic rings. The lowest BCUT2D eigenvalue weighted by atomic mass is 9.85. The minimum absolute atomic E-state index is 0.000734. The third kappa shape index (κ3) is 17.3. The number of likely N-dealkylation sites (N-methyl/N-ethyl adjacent to an activating group) is 1. The predicted molar refractivity (Wildman–Crippen MR) is 320 cm³/mol. The Labute approximate surface area is 493 Å². The molecule has 18 nitrogen and oxygen atoms in total. The molecule has 5 heterocycles. The summed E-state index contributed by atoms with van der Waals surface area (Å²) in [6, 6.07) is 20.2. The number of pyridine rings is 1. The van der Waals surface area contributed by atoms with Crippen molar-refractivity contribution in [3.05, 3.63) is 123 Å². The van der Waals surface area contributed by atoms with Gasteiger partial charge in [-0.2, -0.15) is 13.2 Å². The number of aryl methyl sites for hydroxylation is 1. The molecule has 3 unspecified atom stereocenters. The molecule has 0 bridgehead atoms. The number of aromatic amines is 1. The molecule has 3 aromatic carbocycles. The van der Waals surface area contributed by atoms with E-state index in [4.69, 9.17) is 0 Å². The number of nitrogens with zero attached hydrogens (tertiary/aromatic N) is 6. The fourth-order valence-electron chi connectivity index (χ4n) is 11.1. The molecule has 0 aliphatic carbocycles. The molecule has 3 saturated heterocycles. The van der Waals surface area contributed by atoms with E-state index in [2.05, 4.69) is 63.0 Å². The molecule has 5 aromatic rings. The lowest BCUT2D eigenvalue weighted by Gasteiger charge is -2.35. The van der Waals surface area contributed by atoms with Crippen LogP contribution in [0.2, 0.25) is 0 Å². The summed E-state index contributed by atoms with van der Waals surface area (Å²) >= 11 is 1.57. The van der Waals surface area contributed by atoms with E-state index in [1.165, 1.54) is 4.90 Å². The topological polar surface area (TPSA) is 216 Å². The van der Waals surface area contributed by atoms with E-state index in [-0.39, 0.29) is 43.7 Å². The van der Waals surface area contributed by atoms with E-state index in [0.717, 1.165) is 116 Å². The molecule has 3 atom stereocenters. The number of halogens is 3. The van der Waals surface area contributed by atoms with Gasteiger partial charge in [0.15, 0.2) is 0 Å². The first-order valence-electron chi connectivity index (χ1n) is 29.1. The van der Waals surface area contributed by atoms with Gasteiger partial charge in [-0.15, -0.1) is 11.3 Å². The number of hydrogen-bond donors (Lipinski definition) is 6. The number of rotatable bonds is 23. The highest BCUT2D eigenvalue weighted by Gasteiger charge is 2.44. The van der Waals surface area contributed by atoms with Crippen molar-refractivity contribution in [3.8, 4) is 21.6 Å². The van der Waals surface area contributed by atoms with E-state index in [9.17, 15) is 47.0 Å². The minimum atomic E-state index is -4.91. The molecule has 3 aliphatic heterocycles. The number of aliphatic hydroxyl groups excluding tert-OH is 1. The van der Waals surface area contributed by atoms with E-state index in [1.807, 2.05) is 88.8 Å². The summed E-state index contributed by atoms with van der Waals surface area (Å²) < 4.78 is 41.9. The van der Waals surface area contributed by atoms with Crippen molar-refractivity contribution < 1.29 is 42.3 Å². The number of β-amino-alcohol motifs (C(OH)–C–C–N with tert-alkyl or cyclic N) is 1. The maximum absolute atomic E-state index is 14.1. The lowest BCUT2D eigenvalue weighted by Crippen LogP contribution is -2.57. The van der Waals surface area contributed by atoms with Crippen molar-refractivity contribution in [1.29, 1.82) is 0 Å². The number of benzene rings is 3. The highest BCUT2D eigenvalue weighted by Crippen LogP contribution is 2.36. The fraction of sp³-hybridized carbons (Fsp3) is 0.500. The van der Waals surface area contributed by atoms with Crippen molar-refractivity contribution >= 4 is 52.2 Å². The van der Waals surface area contributed by atoms with Crippen LogP contribution in [0.1, 0.15) is 105 Å². The predicted octanol–water partition coefficient (Wildman–Crippen LogP) is 7.27. The first-order valence-corrected chi connectivity index (χ1v) is 30.0. The van der Waals surface area contributed by atoms with Crippen LogP contribution in [0.3, 0.4) is 0 Å². The fourth-order valence-corrected chi connectivity index (χ4v) is 11.9. The monoisotopic (exact) mass is 1180 g/mol. The summed E-state index contributed by atoms with van der Waals surface area (Å²) in [7, 11) is 2.02. The second-order valence-electron chi connectivity index (χ2n) is 23.5. The normalized spacial score (nSPS) is 17.7. The molecule has 22 heteroatoms. The average molecular weight is 1180 g/mol. The van der Waals surface area contributed by atoms with E-state index >= 15 is 0 Å². The first kappa shape index (κ1) is 63.1. The number of piperazine rings is 2. The van der Waals surface area contributed by atoms with Crippen molar-refractivity contribution in [3.63, 3.8) is 0 Å². The molecule has 452 valence electrons. The van der Waals surface area contributed by atoms with Gasteiger partial charge in [0.1, 0.15) is 12.1 Å². The van der Waals surface area contributed by atoms with Gasteiger partial charge in [0.2, 0.25) is 29.2 Å². The number of H-pyrrole nitrogens is 1. The Bertz CT molecular complexity index is 3130. The Kier molecular flexibility index (Phi) is 21.6. The zero-order chi connectivity index (χ0) is 60.1. The number of unbranched alkanes of at least 4 members (excludes halogenated alkanes) is 4. The quantitative estimate of drug-likeness (QED) is 0.0356. The number of likely N-dealkylation sites (tertiary alicyclic amines) is 1. The van der Waals surface area contributed by atoms with Gasteiger partial charge in [-0.3, -0.25) is 38.6 Å². The molecule has 0 spiro atoms. The standard InChI is InChI=1S/C62H80F3N11O7S/c1-41-56(84-40-69-41)44-18-16-42(17-19-44)36-68-59(82)52-34-47(77)39-76(52)60(83)57(61(2,3)4)71-54(79)15-10-8-6-7-9-14-53(78)66-22-23-73-26-28-74(29-27-73)38-43-12-11-13-45(32-43)46-20-21-51(75-30-24-72(5)25-31-75)50(33-46)70-58(81)48-37-67-55(80)35-49(48)62(63,64)65/h11-13,16-21,32-33,35,37,40,47,52,57,77H,6-10,14-15,22-31,34,36,38-39H2,1-5H3,(H,66,78)(H,67,80)(H,68,82)(H,70,81)(H,71,79). The Morgan fingerprint density at radius 2 is 1.45 bits per heavy atom. The first-order chi connectivity index (χ1) is 40.1. The highest BCUT2D eigenvalue weighted by molar-refractivity contribution is 7.13. The summed E-state index contributed by atoms with van der Waals surface area (Å²) in [5.41, 5.74) is 4.94. The van der Waals surface area contributed by atoms with E-state index in [1.54, 1.807) is 17.4 Å². The molecule has 0 saturated carbocycles. The Morgan fingerprint density at radius 3 is 2.13 bits per heavy atom. The van der Waals surface area contributed by atoms with Gasteiger partial charge in [0.05, 0.1) is 44.7 Å². The van der Waals surface area contributed by atoms with Gasteiger partial charge < -0.3 is 46.1 Å². The number of carbonyl (C=O) groups is 5. The zero-order valence-corrected chi connectivity index (χ0v) is 49.6. The van der Waals surface area contributed by atoms with Crippen LogP contribution in [-0.4, -0.2) is 161 Å². The zero-order valence-electron chi connectivity index (χ0n) is 48.8. The smallest absolute Gasteiger partial charge is 0.391 e. The Hall–Kier alpha value is -6.98. The van der Waals surface area contributed by atoms with Crippen LogP contribution in [0.15, 0.2) is 89.3 Å². The van der Waals surface area contributed by atoms with Crippen LogP contribution in [0, 0.1) is 12.3 Å². The van der Waals surface area contributed by atoms with Gasteiger partial charge in [-0.25, -0.2) is 4.98 Å². The Morgan fingerprint density at radius 1 is 0.786 bits per heavy atom. The number of hydrogen-bond acceptors (Lipinski definition) is 13. The SMILES string of the molecule is Cc1ncsc1-c1ccc(CNC(=O)C2CC(O)CN2C(=O)C(NC(=O)CCCCCCCC(=O)NCCN2CCN(Cc3cccc(-c4ccc(N5CCN(C)CC5)c(NC(=O)c5c[nH]c(=O)cc5C(F)(F)F)c4)c3)CC2)C(C)(C)C)cc1. The average Bonchev–Trinajstić information content (AvgIpc) is 2.37. The number of thiazole rings is 1. The molecular weight excluding hydrogens is 1100 g/mol. The molecule has 6 N–H and O–H groups in total. The van der Waals surface area contributed by atoms with E-state index < -0.39 is 58.3 Å². The summed E-state index contributed by atoms with van der Waals surface area (Å²) in [5, 5.41) is 22.3.